The van der Waals surface area contributed by atoms with Crippen LogP contribution in [0, 0.1) is 41.5 Å². The van der Waals surface area contributed by atoms with Crippen LogP contribution in [0.4, 0.5) is 0 Å². The predicted octanol–water partition coefficient (Wildman–Crippen LogP) is 31.5. The molecule has 0 spiro atoms. The minimum absolute atomic E-state index is 0.868. The molecule has 0 saturated heterocycles. The fourth-order valence-corrected chi connectivity index (χ4v) is 17.6. The Balaban J connectivity index is 0.510. The molecule has 6 aromatic heterocycles. The van der Waals surface area contributed by atoms with Gasteiger partial charge in [0.2, 0.25) is 0 Å². The van der Waals surface area contributed by atoms with Gasteiger partial charge in [0.05, 0.1) is 45.6 Å². The lowest BCUT2D eigenvalue weighted by molar-refractivity contribution is 1.31. The molecule has 4 aliphatic heterocycles. The minimum Gasteiger partial charge on any atom is -0.354 e. The van der Waals surface area contributed by atoms with E-state index < -0.39 is 0 Å². The lowest BCUT2D eigenvalue weighted by Gasteiger charge is -2.08. The maximum absolute atomic E-state index is 5.57. The van der Waals surface area contributed by atoms with Gasteiger partial charge in [-0.1, -0.05) is 349 Å². The first-order chi connectivity index (χ1) is 62.8. The molecule has 0 amide bonds. The fourth-order valence-electron chi connectivity index (χ4n) is 17.6. The Morgan fingerprint density at radius 1 is 0.141 bits per heavy atom. The first-order valence-corrected chi connectivity index (χ1v) is 43.8. The van der Waals surface area contributed by atoms with Crippen LogP contribution in [0.3, 0.4) is 0 Å². The van der Waals surface area contributed by atoms with Gasteiger partial charge in [0.15, 0.2) is 0 Å². The van der Waals surface area contributed by atoms with Gasteiger partial charge < -0.3 is 19.9 Å². The van der Waals surface area contributed by atoms with Crippen molar-refractivity contribution >= 4 is 141 Å². The van der Waals surface area contributed by atoms with E-state index in [4.69, 9.17) is 19.9 Å². The molecule has 21 rings (SSSR count). The normalized spacial score (nSPS) is 12.4. The summed E-state index contributed by atoms with van der Waals surface area (Å²) in [6.07, 6.45) is 34.7. The summed E-state index contributed by atoms with van der Waals surface area (Å²) in [6, 6.07) is 114. The molecule has 610 valence electrons. The van der Waals surface area contributed by atoms with Gasteiger partial charge in [-0.15, -0.1) is 0 Å². The van der Waals surface area contributed by atoms with E-state index in [0.29, 0.717) is 0 Å². The fraction of sp³-hybridized carbons (Fsp3) is 0.0500. The van der Waals surface area contributed by atoms with Crippen LogP contribution in [0.5, 0.6) is 0 Å². The molecular formula is C120H90N8. The molecule has 128 heavy (non-hydrogen) atoms. The quantitative estimate of drug-likeness (QED) is 0.0722. The van der Waals surface area contributed by atoms with Crippen LogP contribution in [-0.4, -0.2) is 39.9 Å². The topological polar surface area (TPSA) is 115 Å². The van der Waals surface area contributed by atoms with Crippen LogP contribution >= 0.6 is 0 Å². The number of fused-ring (bicyclic) bond motifs is 16. The van der Waals surface area contributed by atoms with Crippen molar-refractivity contribution in [2.75, 3.05) is 0 Å². The van der Waals surface area contributed by atoms with Crippen molar-refractivity contribution in [3.8, 4) is 89.0 Å². The van der Waals surface area contributed by atoms with Gasteiger partial charge in [-0.25, -0.2) is 19.9 Å². The molecule has 0 unspecified atom stereocenters. The van der Waals surface area contributed by atoms with Crippen molar-refractivity contribution in [1.29, 1.82) is 0 Å². The summed E-state index contributed by atoms with van der Waals surface area (Å²) in [5, 5.41) is 0. The molecular weight excluding hydrogens is 1550 g/mol. The Kier molecular flexibility index (Phi) is 20.9. The number of aromatic nitrogens is 8. The molecule has 8 nitrogen and oxygen atoms in total. The van der Waals surface area contributed by atoms with Crippen LogP contribution in [-0.2, 0) is 0 Å². The second-order valence-corrected chi connectivity index (χ2v) is 33.8. The number of benzene rings is 11. The number of hydrogen-bond acceptors (Lipinski definition) is 4. The molecule has 10 heterocycles. The van der Waals surface area contributed by atoms with E-state index >= 15 is 0 Å². The average Bonchev–Trinajstić information content (AvgIpc) is 1.61. The highest BCUT2D eigenvalue weighted by Crippen LogP contribution is 2.43. The van der Waals surface area contributed by atoms with Gasteiger partial charge in [0, 0.05) is 88.6 Å². The third kappa shape index (κ3) is 16.3. The summed E-state index contributed by atoms with van der Waals surface area (Å²) in [6.45, 7) is 12.8. The van der Waals surface area contributed by atoms with Crippen molar-refractivity contribution in [1.82, 2.24) is 39.9 Å². The van der Waals surface area contributed by atoms with E-state index in [1.54, 1.807) is 0 Å². The highest BCUT2D eigenvalue weighted by Gasteiger charge is 2.23. The number of H-pyrrole nitrogens is 4. The second-order valence-electron chi connectivity index (χ2n) is 33.8. The Labute approximate surface area is 745 Å². The third-order valence-electron chi connectivity index (χ3n) is 24.6. The van der Waals surface area contributed by atoms with E-state index in [-0.39, 0.29) is 0 Å². The Bertz CT molecular complexity index is 7270. The van der Waals surface area contributed by atoms with Gasteiger partial charge in [0.25, 0.3) is 0 Å². The zero-order chi connectivity index (χ0) is 86.3. The summed E-state index contributed by atoms with van der Waals surface area (Å²) < 4.78 is 0. The number of aromatic amines is 4. The number of nitrogens with one attached hydrogen (secondary N) is 4. The summed E-state index contributed by atoms with van der Waals surface area (Å²) in [5.41, 5.74) is 47.6. The summed E-state index contributed by atoms with van der Waals surface area (Å²) in [7, 11) is 0. The zero-order valence-electron chi connectivity index (χ0n) is 72.0. The van der Waals surface area contributed by atoms with Crippen molar-refractivity contribution in [2.24, 2.45) is 0 Å². The molecule has 11 aromatic carbocycles. The van der Waals surface area contributed by atoms with Crippen molar-refractivity contribution in [3.63, 3.8) is 0 Å². The van der Waals surface area contributed by atoms with Gasteiger partial charge in [-0.3, -0.25) is 0 Å². The van der Waals surface area contributed by atoms with Gasteiger partial charge in [0.1, 0.15) is 0 Å². The molecule has 4 N–H and O–H groups in total. The number of hydrogen-bond donors (Lipinski definition) is 4. The lowest BCUT2D eigenvalue weighted by Crippen LogP contribution is -1.90. The standard InChI is InChI=1S/C120H90N8/c1-75-7-43-89(44-8-75)113-97-59-63-101(121-97)115(91-47-11-77(3)12-48-91)105-67-71-109(125-105)119(110-72-68-106(126-110)116(102-64-60-98(113)122-102)92-49-13-78(4)14-50-92)95-55-39-87(40-56-95)37-35-85-31-27-83(28-32-85)25-23-81-19-21-82(22-20-81)24-26-84-29-33-86(34-30-84)36-38-88-41-57-96(58-42-88)120-111-73-69-107(127-111)117(93-51-15-79(5)16-52-93)103-65-61-99(123-103)114(90-45-9-76(2)10-46-90)100-62-66-104(124-100)118(108-70-74-112(120)128-108)94-53-17-80(6)18-54-94/h7-74,121,123,126,128H,1-6H3/b25-23+,26-24+,37-35+,38-36+,113-97?,113-98?,114-99?,114-100?,115-101?,115-105?,116-102?,116-106?,117-103?,117-107?,118-104?,118-108?,119-109?,119-110?,120-111?,120-112?. The molecule has 0 atom stereocenters. The van der Waals surface area contributed by atoms with Crippen LogP contribution < -0.4 is 0 Å². The van der Waals surface area contributed by atoms with E-state index in [0.717, 1.165) is 223 Å². The van der Waals surface area contributed by atoms with E-state index in [1.165, 1.54) is 33.4 Å². The Hall–Kier alpha value is -16.4. The van der Waals surface area contributed by atoms with Crippen LogP contribution in [0.1, 0.15) is 123 Å². The molecule has 0 aliphatic carbocycles. The predicted molar refractivity (Wildman–Crippen MR) is 545 cm³/mol. The van der Waals surface area contributed by atoms with Crippen LogP contribution in [0.2, 0.25) is 0 Å². The number of rotatable bonds is 16. The van der Waals surface area contributed by atoms with E-state index in [1.807, 2.05) is 0 Å². The second kappa shape index (κ2) is 34.0. The van der Waals surface area contributed by atoms with Crippen molar-refractivity contribution in [3.05, 3.63) is 439 Å². The molecule has 0 radical (unpaired) electrons. The minimum atomic E-state index is 0.868. The molecule has 0 saturated carbocycles. The summed E-state index contributed by atoms with van der Waals surface area (Å²) >= 11 is 0. The largest absolute Gasteiger partial charge is 0.354 e. The van der Waals surface area contributed by atoms with Crippen molar-refractivity contribution in [2.45, 2.75) is 41.5 Å². The maximum atomic E-state index is 5.57. The van der Waals surface area contributed by atoms with Gasteiger partial charge in [-0.2, -0.15) is 0 Å². The monoisotopic (exact) mass is 1640 g/mol. The van der Waals surface area contributed by atoms with Gasteiger partial charge in [-0.05, 0) is 228 Å². The zero-order valence-corrected chi connectivity index (χ0v) is 72.0. The highest BCUT2D eigenvalue weighted by molar-refractivity contribution is 6.04. The average molecular weight is 1640 g/mol. The molecule has 16 bridgehead atoms. The SMILES string of the molecule is Cc1ccc(-c2c3nc(c(-c4ccc(C)cc4)c4ccc([nH]4)c(-c4ccc(/C=C/c5ccc(/C=C/c6ccc(/C=C/c7ccc(/C=C/c8ccc(-c9c%10nc(c(-c%11ccc(C)cc%11)c%11ccc([nH]%11)c(-c%11ccc(C)cc%11)c%11nc(c(-c%12ccc(C)cc%12)c%12ccc9[nH]%12)C=C%11)C=C%10)cc8)cc7)cc6)cc5)cc4)c4nc(c(-c5ccc(C)cc5)c5ccc2[nH]5)C=C4)C=C3)cc1. The lowest BCUT2D eigenvalue weighted by atomic mass is 10.0. The smallest absolute Gasteiger partial charge is 0.0737 e. The van der Waals surface area contributed by atoms with E-state index in [2.05, 4.69) is 474 Å². The Morgan fingerprint density at radius 2 is 0.250 bits per heavy atom. The third-order valence-corrected chi connectivity index (χ3v) is 24.6. The van der Waals surface area contributed by atoms with E-state index in [9.17, 15) is 0 Å². The summed E-state index contributed by atoms with van der Waals surface area (Å²) in [4.78, 5) is 37.8. The number of aryl methyl sites for hydroxylation is 6. The summed E-state index contributed by atoms with van der Waals surface area (Å²) in [5.74, 6) is 0. The first kappa shape index (κ1) is 78.8. The van der Waals surface area contributed by atoms with Crippen LogP contribution in [0.15, 0.2) is 315 Å². The molecule has 4 aliphatic rings. The molecule has 17 aromatic rings. The van der Waals surface area contributed by atoms with Crippen molar-refractivity contribution < 1.29 is 0 Å². The maximum Gasteiger partial charge on any atom is 0.0737 e. The highest BCUT2D eigenvalue weighted by atomic mass is 14.8. The first-order valence-electron chi connectivity index (χ1n) is 43.8. The number of nitrogens with zero attached hydrogens (tertiary/aromatic N) is 4. The Morgan fingerprint density at radius 3 is 0.375 bits per heavy atom. The van der Waals surface area contributed by atoms with Gasteiger partial charge >= 0.3 is 0 Å². The van der Waals surface area contributed by atoms with Crippen LogP contribution in [0.25, 0.3) is 230 Å². The molecule has 0 fully saturated rings. The molecule has 8 heteroatoms.